The summed E-state index contributed by atoms with van der Waals surface area (Å²) >= 11 is 0. The van der Waals surface area contributed by atoms with Crippen LogP contribution in [0.4, 0.5) is 0 Å². The van der Waals surface area contributed by atoms with Gasteiger partial charge in [0.25, 0.3) is 0 Å². The Morgan fingerprint density at radius 2 is 1.93 bits per heavy atom. The van der Waals surface area contributed by atoms with Gasteiger partial charge in [0.1, 0.15) is 6.54 Å². The van der Waals surface area contributed by atoms with Crippen LogP contribution in [0.25, 0.3) is 0 Å². The van der Waals surface area contributed by atoms with E-state index in [1.54, 1.807) is 0 Å². The summed E-state index contributed by atoms with van der Waals surface area (Å²) in [6.07, 6.45) is 7.54. The minimum atomic E-state index is 1.17. The first-order valence-electron chi connectivity index (χ1n) is 5.71. The van der Waals surface area contributed by atoms with Crippen LogP contribution in [-0.2, 0) is 6.54 Å². The first-order chi connectivity index (χ1) is 6.75. The predicted octanol–water partition coefficient (Wildman–Crippen LogP) is 3.17. The monoisotopic (exact) mass is 192 g/mol. The molecule has 0 spiro atoms. The lowest BCUT2D eigenvalue weighted by Crippen LogP contribution is -2.37. The highest BCUT2D eigenvalue weighted by molar-refractivity contribution is 5.10. The van der Waals surface area contributed by atoms with Gasteiger partial charge in [0.2, 0.25) is 0 Å². The fraction of sp³-hybridized carbons (Fsp3) is 0.615. The third-order valence-electron chi connectivity index (χ3n) is 2.87. The Hall–Kier alpha value is -0.850. The molecule has 1 rings (SSSR count). The van der Waals surface area contributed by atoms with Gasteiger partial charge >= 0.3 is 0 Å². The lowest BCUT2D eigenvalue weighted by atomic mass is 10.2. The summed E-state index contributed by atoms with van der Waals surface area (Å²) in [5.74, 6) is 0. The van der Waals surface area contributed by atoms with Crippen molar-refractivity contribution < 1.29 is 4.57 Å². The van der Waals surface area contributed by atoms with Gasteiger partial charge < -0.3 is 0 Å². The summed E-state index contributed by atoms with van der Waals surface area (Å²) in [6, 6.07) is 4.32. The molecule has 1 heterocycles. The molecule has 1 heteroatoms. The second-order valence-corrected chi connectivity index (χ2v) is 4.03. The molecule has 1 aromatic heterocycles. The maximum absolute atomic E-state index is 2.37. The number of pyridine rings is 1. The SMILES string of the molecule is CCCCCC[n+]1cccc(C)c1C. The van der Waals surface area contributed by atoms with Crippen LogP contribution < -0.4 is 4.57 Å². The molecule has 1 nitrogen and oxygen atoms in total. The number of rotatable bonds is 5. The third kappa shape index (κ3) is 3.13. The van der Waals surface area contributed by atoms with E-state index in [0.717, 1.165) is 0 Å². The Morgan fingerprint density at radius 3 is 2.64 bits per heavy atom. The Kier molecular flexibility index (Phi) is 4.64. The highest BCUT2D eigenvalue weighted by atomic mass is 14.9. The summed E-state index contributed by atoms with van der Waals surface area (Å²) in [5, 5.41) is 0. The molecular formula is C13H22N+. The first kappa shape index (κ1) is 11.2. The van der Waals surface area contributed by atoms with Crippen LogP contribution in [0.1, 0.15) is 43.9 Å². The Bertz CT molecular complexity index is 279. The van der Waals surface area contributed by atoms with E-state index in [2.05, 4.69) is 43.7 Å². The zero-order chi connectivity index (χ0) is 10.4. The summed E-state index contributed by atoms with van der Waals surface area (Å²) in [5.41, 5.74) is 2.80. The normalized spacial score (nSPS) is 10.5. The van der Waals surface area contributed by atoms with Gasteiger partial charge in [-0.05, 0) is 19.4 Å². The number of unbranched alkanes of at least 4 members (excludes halogenated alkanes) is 3. The van der Waals surface area contributed by atoms with Crippen LogP contribution in [0.15, 0.2) is 18.3 Å². The average Bonchev–Trinajstić information content (AvgIpc) is 2.19. The molecule has 0 aliphatic carbocycles. The number of hydrogen-bond acceptors (Lipinski definition) is 0. The van der Waals surface area contributed by atoms with E-state index in [4.69, 9.17) is 0 Å². The smallest absolute Gasteiger partial charge is 0.181 e. The van der Waals surface area contributed by atoms with Crippen LogP contribution in [-0.4, -0.2) is 0 Å². The van der Waals surface area contributed by atoms with Crippen LogP contribution in [0.2, 0.25) is 0 Å². The van der Waals surface area contributed by atoms with E-state index < -0.39 is 0 Å². The topological polar surface area (TPSA) is 3.88 Å². The Morgan fingerprint density at radius 1 is 1.14 bits per heavy atom. The van der Waals surface area contributed by atoms with Gasteiger partial charge in [0.15, 0.2) is 11.9 Å². The van der Waals surface area contributed by atoms with E-state index in [9.17, 15) is 0 Å². The predicted molar refractivity (Wildman–Crippen MR) is 60.3 cm³/mol. The lowest BCUT2D eigenvalue weighted by Gasteiger charge is -2.02. The van der Waals surface area contributed by atoms with Crippen LogP contribution >= 0.6 is 0 Å². The van der Waals surface area contributed by atoms with Gasteiger partial charge in [-0.1, -0.05) is 19.8 Å². The van der Waals surface area contributed by atoms with E-state index >= 15 is 0 Å². The van der Waals surface area contributed by atoms with Crippen molar-refractivity contribution in [2.75, 3.05) is 0 Å². The minimum Gasteiger partial charge on any atom is -0.202 e. The highest BCUT2D eigenvalue weighted by Crippen LogP contribution is 2.02. The Balaban J connectivity index is 2.46. The molecule has 78 valence electrons. The van der Waals surface area contributed by atoms with Gasteiger partial charge in [-0.2, -0.15) is 0 Å². The zero-order valence-corrected chi connectivity index (χ0v) is 9.71. The number of hydrogen-bond donors (Lipinski definition) is 0. The highest BCUT2D eigenvalue weighted by Gasteiger charge is 2.06. The molecule has 0 atom stereocenters. The summed E-state index contributed by atoms with van der Waals surface area (Å²) in [4.78, 5) is 0. The zero-order valence-electron chi connectivity index (χ0n) is 9.71. The largest absolute Gasteiger partial charge is 0.202 e. The standard InChI is InChI=1S/C13H22N/c1-4-5-6-7-10-14-11-8-9-12(2)13(14)3/h8-9,11H,4-7,10H2,1-3H3/q+1. The molecular weight excluding hydrogens is 170 g/mol. The summed E-state index contributed by atoms with van der Waals surface area (Å²) < 4.78 is 2.37. The molecule has 14 heavy (non-hydrogen) atoms. The molecule has 0 aliphatic rings. The summed E-state index contributed by atoms with van der Waals surface area (Å²) in [6.45, 7) is 7.81. The molecule has 0 amide bonds. The molecule has 0 aliphatic heterocycles. The molecule has 0 N–H and O–H groups in total. The van der Waals surface area contributed by atoms with Crippen LogP contribution in [0.3, 0.4) is 0 Å². The maximum atomic E-state index is 2.37. The van der Waals surface area contributed by atoms with Gasteiger partial charge in [-0.3, -0.25) is 0 Å². The van der Waals surface area contributed by atoms with Crippen molar-refractivity contribution in [2.24, 2.45) is 0 Å². The Labute approximate surface area is 87.8 Å². The molecule has 0 saturated carbocycles. The van der Waals surface area contributed by atoms with Crippen molar-refractivity contribution in [1.82, 2.24) is 0 Å². The second-order valence-electron chi connectivity index (χ2n) is 4.03. The van der Waals surface area contributed by atoms with Crippen molar-refractivity contribution in [3.63, 3.8) is 0 Å². The number of aromatic nitrogens is 1. The molecule has 0 radical (unpaired) electrons. The van der Waals surface area contributed by atoms with Crippen molar-refractivity contribution in [3.05, 3.63) is 29.6 Å². The second kappa shape index (κ2) is 5.79. The average molecular weight is 192 g/mol. The molecule has 0 bridgehead atoms. The van der Waals surface area contributed by atoms with Crippen LogP contribution in [0.5, 0.6) is 0 Å². The fourth-order valence-corrected chi connectivity index (χ4v) is 1.70. The molecule has 0 unspecified atom stereocenters. The van der Waals surface area contributed by atoms with Crippen molar-refractivity contribution in [2.45, 2.75) is 53.0 Å². The van der Waals surface area contributed by atoms with Gasteiger partial charge in [0, 0.05) is 25.0 Å². The van der Waals surface area contributed by atoms with Crippen molar-refractivity contribution in [1.29, 1.82) is 0 Å². The first-order valence-corrected chi connectivity index (χ1v) is 5.71. The fourth-order valence-electron chi connectivity index (χ4n) is 1.70. The van der Waals surface area contributed by atoms with Crippen molar-refractivity contribution >= 4 is 0 Å². The molecule has 0 saturated heterocycles. The third-order valence-corrected chi connectivity index (χ3v) is 2.87. The number of nitrogens with zero attached hydrogens (tertiary/aromatic N) is 1. The molecule has 0 aromatic carbocycles. The van der Waals surface area contributed by atoms with E-state index in [1.807, 2.05) is 0 Å². The van der Waals surface area contributed by atoms with Gasteiger partial charge in [0.05, 0.1) is 0 Å². The molecule has 0 fully saturated rings. The quantitative estimate of drug-likeness (QED) is 0.498. The van der Waals surface area contributed by atoms with Gasteiger partial charge in [-0.15, -0.1) is 0 Å². The van der Waals surface area contributed by atoms with E-state index in [-0.39, 0.29) is 0 Å². The minimum absolute atomic E-state index is 1.17. The summed E-state index contributed by atoms with van der Waals surface area (Å²) in [7, 11) is 0. The van der Waals surface area contributed by atoms with Crippen molar-refractivity contribution in [3.8, 4) is 0 Å². The molecule has 1 aromatic rings. The van der Waals surface area contributed by atoms with E-state index in [0.29, 0.717) is 0 Å². The lowest BCUT2D eigenvalue weighted by molar-refractivity contribution is -0.703. The maximum Gasteiger partial charge on any atom is 0.181 e. The number of aryl methyl sites for hydroxylation is 2. The van der Waals surface area contributed by atoms with E-state index in [1.165, 1.54) is 43.5 Å². The van der Waals surface area contributed by atoms with Gasteiger partial charge in [-0.25, -0.2) is 4.57 Å². The van der Waals surface area contributed by atoms with Crippen LogP contribution in [0, 0.1) is 13.8 Å².